The Morgan fingerprint density at radius 2 is 1.59 bits per heavy atom. The van der Waals surface area contributed by atoms with Crippen LogP contribution in [0, 0.1) is 23.7 Å². The van der Waals surface area contributed by atoms with E-state index >= 15 is 0 Å². The number of aliphatic carboxylic acids is 1. The molecular formula is C18H19NO3. The van der Waals surface area contributed by atoms with Crippen molar-refractivity contribution in [3.05, 3.63) is 53.6 Å². The molecule has 0 heterocycles. The quantitative estimate of drug-likeness (QED) is 0.843. The molecule has 1 amide bonds. The number of carbonyl (C=O) groups excluding carboxylic acids is 1. The van der Waals surface area contributed by atoms with Crippen molar-refractivity contribution < 1.29 is 14.7 Å². The lowest BCUT2D eigenvalue weighted by Gasteiger charge is -2.23. The number of allylic oxidation sites excluding steroid dienone is 4. The Labute approximate surface area is 129 Å². The lowest BCUT2D eigenvalue weighted by atomic mass is 9.82. The van der Waals surface area contributed by atoms with Crippen molar-refractivity contribution in [1.82, 2.24) is 0 Å². The van der Waals surface area contributed by atoms with E-state index in [4.69, 9.17) is 0 Å². The summed E-state index contributed by atoms with van der Waals surface area (Å²) < 4.78 is 0. The number of carboxylic acid groups (broad SMARTS) is 1. The highest BCUT2D eigenvalue weighted by Crippen LogP contribution is 2.53. The average molecular weight is 297 g/mol. The molecule has 2 aliphatic rings. The summed E-state index contributed by atoms with van der Waals surface area (Å²) in [5.41, 5.74) is 2.91. The van der Waals surface area contributed by atoms with Crippen LogP contribution in [0.2, 0.25) is 0 Å². The highest BCUT2D eigenvalue weighted by atomic mass is 16.4. The summed E-state index contributed by atoms with van der Waals surface area (Å²) in [6.07, 6.45) is 3.93. The minimum atomic E-state index is -0.899. The Hall–Kier alpha value is -2.36. The van der Waals surface area contributed by atoms with Crippen LogP contribution in [0.15, 0.2) is 53.6 Å². The first-order valence-electron chi connectivity index (χ1n) is 7.45. The molecule has 0 aromatic heterocycles. The normalized spacial score (nSPS) is 28.7. The molecule has 0 saturated heterocycles. The van der Waals surface area contributed by atoms with Gasteiger partial charge in [0, 0.05) is 17.5 Å². The monoisotopic (exact) mass is 297 g/mol. The van der Waals surface area contributed by atoms with Gasteiger partial charge in [0.25, 0.3) is 0 Å². The highest BCUT2D eigenvalue weighted by Gasteiger charge is 2.54. The fraction of sp³-hybridized carbons (Fsp3) is 0.333. The third kappa shape index (κ3) is 2.25. The lowest BCUT2D eigenvalue weighted by Crippen LogP contribution is -2.36. The number of carboxylic acids is 1. The van der Waals surface area contributed by atoms with Gasteiger partial charge in [0.2, 0.25) is 5.91 Å². The molecule has 1 saturated carbocycles. The molecule has 3 rings (SSSR count). The van der Waals surface area contributed by atoms with Crippen molar-refractivity contribution in [3.63, 3.8) is 0 Å². The molecule has 4 nitrogen and oxygen atoms in total. The smallest absolute Gasteiger partial charge is 0.308 e. The second-order valence-corrected chi connectivity index (χ2v) is 6.14. The van der Waals surface area contributed by atoms with Crippen LogP contribution in [-0.4, -0.2) is 17.0 Å². The number of benzene rings is 1. The first-order valence-corrected chi connectivity index (χ1v) is 7.45. The molecule has 1 aromatic carbocycles. The number of hydrogen-bond donors (Lipinski definition) is 2. The van der Waals surface area contributed by atoms with E-state index in [1.807, 2.05) is 44.2 Å². The van der Waals surface area contributed by atoms with E-state index in [0.29, 0.717) is 5.69 Å². The molecule has 1 fully saturated rings. The van der Waals surface area contributed by atoms with E-state index in [0.717, 1.165) is 11.1 Å². The van der Waals surface area contributed by atoms with Crippen molar-refractivity contribution in [2.75, 3.05) is 5.32 Å². The number of amides is 1. The zero-order valence-electron chi connectivity index (χ0n) is 12.6. The van der Waals surface area contributed by atoms with Crippen molar-refractivity contribution >= 4 is 17.6 Å². The van der Waals surface area contributed by atoms with Crippen LogP contribution >= 0.6 is 0 Å². The number of anilines is 1. The minimum Gasteiger partial charge on any atom is -0.481 e. The second-order valence-electron chi connectivity index (χ2n) is 6.14. The SMILES string of the molecule is CC(C)=C1[C@H]2C=C[C@H]1[C@@H](C(=O)Nc1ccccc1)[C@H]2C(=O)O. The summed E-state index contributed by atoms with van der Waals surface area (Å²) in [5, 5.41) is 12.4. The Morgan fingerprint density at radius 1 is 1.00 bits per heavy atom. The molecule has 114 valence electrons. The maximum atomic E-state index is 12.7. The van der Waals surface area contributed by atoms with Crippen LogP contribution in [0.3, 0.4) is 0 Å². The molecule has 2 aliphatic carbocycles. The molecule has 22 heavy (non-hydrogen) atoms. The van der Waals surface area contributed by atoms with Crippen molar-refractivity contribution in [2.45, 2.75) is 13.8 Å². The molecule has 4 atom stereocenters. The fourth-order valence-corrected chi connectivity index (χ4v) is 3.79. The lowest BCUT2D eigenvalue weighted by molar-refractivity contribution is -0.146. The minimum absolute atomic E-state index is 0.0974. The average Bonchev–Trinajstić information content (AvgIpc) is 3.03. The second kappa shape index (κ2) is 5.44. The summed E-state index contributed by atoms with van der Waals surface area (Å²) in [4.78, 5) is 24.3. The summed E-state index contributed by atoms with van der Waals surface area (Å²) in [6, 6.07) is 9.16. The van der Waals surface area contributed by atoms with Gasteiger partial charge < -0.3 is 10.4 Å². The molecule has 1 aromatic rings. The van der Waals surface area contributed by atoms with Gasteiger partial charge in [-0.2, -0.15) is 0 Å². The van der Waals surface area contributed by atoms with Gasteiger partial charge in [-0.25, -0.2) is 0 Å². The van der Waals surface area contributed by atoms with Gasteiger partial charge in [-0.1, -0.05) is 41.5 Å². The molecule has 0 radical (unpaired) electrons. The predicted molar refractivity (Wildman–Crippen MR) is 84.2 cm³/mol. The van der Waals surface area contributed by atoms with Crippen molar-refractivity contribution in [2.24, 2.45) is 23.7 Å². The van der Waals surface area contributed by atoms with E-state index < -0.39 is 17.8 Å². The number of nitrogens with one attached hydrogen (secondary N) is 1. The largest absolute Gasteiger partial charge is 0.481 e. The fourth-order valence-electron chi connectivity index (χ4n) is 3.79. The topological polar surface area (TPSA) is 66.4 Å². The number of rotatable bonds is 3. The van der Waals surface area contributed by atoms with Gasteiger partial charge in [-0.05, 0) is 26.0 Å². The summed E-state index contributed by atoms with van der Waals surface area (Å²) in [5.74, 6) is -2.59. The maximum Gasteiger partial charge on any atom is 0.308 e. The molecule has 0 spiro atoms. The summed E-state index contributed by atoms with van der Waals surface area (Å²) >= 11 is 0. The van der Waals surface area contributed by atoms with Gasteiger partial charge in [-0.15, -0.1) is 0 Å². The van der Waals surface area contributed by atoms with Crippen molar-refractivity contribution in [1.29, 1.82) is 0 Å². The van der Waals surface area contributed by atoms with Gasteiger partial charge in [0.05, 0.1) is 11.8 Å². The van der Waals surface area contributed by atoms with Crippen LogP contribution in [0.5, 0.6) is 0 Å². The Kier molecular flexibility index (Phi) is 3.61. The van der Waals surface area contributed by atoms with Gasteiger partial charge in [-0.3, -0.25) is 9.59 Å². The van der Waals surface area contributed by atoms with Crippen LogP contribution in [-0.2, 0) is 9.59 Å². The molecule has 2 N–H and O–H groups in total. The van der Waals surface area contributed by atoms with Gasteiger partial charge in [0.1, 0.15) is 0 Å². The number of hydrogen-bond acceptors (Lipinski definition) is 2. The van der Waals surface area contributed by atoms with Gasteiger partial charge in [0.15, 0.2) is 0 Å². The standard InChI is InChI=1S/C18H19NO3/c1-10(2)14-12-8-9-13(14)16(18(21)22)15(12)17(20)19-11-6-4-3-5-7-11/h3-9,12-13,15-16H,1-2H3,(H,19,20)(H,21,22)/t12-,13-,15-,16+/m1/s1. The molecule has 0 aliphatic heterocycles. The van der Waals surface area contributed by atoms with Crippen molar-refractivity contribution in [3.8, 4) is 0 Å². The number of carbonyl (C=O) groups is 2. The van der Waals surface area contributed by atoms with E-state index in [1.165, 1.54) is 0 Å². The first-order chi connectivity index (χ1) is 10.5. The number of para-hydroxylation sites is 1. The Balaban J connectivity index is 1.92. The Morgan fingerprint density at radius 3 is 2.14 bits per heavy atom. The predicted octanol–water partition coefficient (Wildman–Crippen LogP) is 3.09. The van der Waals surface area contributed by atoms with E-state index in [1.54, 1.807) is 12.1 Å². The Bertz CT molecular complexity index is 671. The first kappa shape index (κ1) is 14.6. The summed E-state index contributed by atoms with van der Waals surface area (Å²) in [7, 11) is 0. The molecule has 0 unspecified atom stereocenters. The number of fused-ring (bicyclic) bond motifs is 2. The van der Waals surface area contributed by atoms with Crippen LogP contribution in [0.4, 0.5) is 5.69 Å². The van der Waals surface area contributed by atoms with E-state index in [-0.39, 0.29) is 17.7 Å². The van der Waals surface area contributed by atoms with Crippen LogP contribution in [0.1, 0.15) is 13.8 Å². The molecular weight excluding hydrogens is 278 g/mol. The maximum absolute atomic E-state index is 12.7. The zero-order chi connectivity index (χ0) is 15.9. The third-order valence-corrected chi connectivity index (χ3v) is 4.61. The highest BCUT2D eigenvalue weighted by molar-refractivity contribution is 5.97. The zero-order valence-corrected chi connectivity index (χ0v) is 12.6. The third-order valence-electron chi connectivity index (χ3n) is 4.61. The van der Waals surface area contributed by atoms with Gasteiger partial charge >= 0.3 is 5.97 Å². The summed E-state index contributed by atoms with van der Waals surface area (Å²) in [6.45, 7) is 3.97. The van der Waals surface area contributed by atoms with Crippen LogP contribution in [0.25, 0.3) is 0 Å². The van der Waals surface area contributed by atoms with E-state index in [2.05, 4.69) is 5.32 Å². The molecule has 2 bridgehead atoms. The molecule has 4 heteroatoms. The van der Waals surface area contributed by atoms with Crippen LogP contribution < -0.4 is 5.32 Å². The van der Waals surface area contributed by atoms with E-state index in [9.17, 15) is 14.7 Å².